The molecular weight excluding hydrogens is 188 g/mol. The molecule has 88 valence electrons. The van der Waals surface area contributed by atoms with Gasteiger partial charge >= 0.3 is 0 Å². The Balaban J connectivity index is 2.66. The van der Waals surface area contributed by atoms with Crippen molar-refractivity contribution in [3.8, 4) is 0 Å². The third-order valence-electron chi connectivity index (χ3n) is 3.07. The van der Waals surface area contributed by atoms with Crippen molar-refractivity contribution >= 4 is 5.91 Å². The molecule has 1 N–H and O–H groups in total. The lowest BCUT2D eigenvalue weighted by Gasteiger charge is -2.25. The predicted octanol–water partition coefficient (Wildman–Crippen LogP) is 1.49. The van der Waals surface area contributed by atoms with Crippen molar-refractivity contribution in [1.29, 1.82) is 0 Å². The van der Waals surface area contributed by atoms with Gasteiger partial charge in [-0.05, 0) is 31.7 Å². The Kier molecular flexibility index (Phi) is 4.58. The number of nitrogens with one attached hydrogen (secondary N) is 1. The zero-order valence-corrected chi connectivity index (χ0v) is 10.4. The number of amides is 1. The van der Waals surface area contributed by atoms with Gasteiger partial charge in [0.15, 0.2) is 0 Å². The van der Waals surface area contributed by atoms with E-state index in [-0.39, 0.29) is 11.9 Å². The standard InChI is InChI=1S/C12H24N2O/c1-9(2)8-14-6-5-10(3)7-11(13-4)12(14)15/h9-11,13H,5-8H2,1-4H3. The van der Waals surface area contributed by atoms with Crippen molar-refractivity contribution in [2.45, 2.75) is 39.7 Å². The number of carbonyl (C=O) groups excluding carboxylic acids is 1. The van der Waals surface area contributed by atoms with E-state index in [4.69, 9.17) is 0 Å². The van der Waals surface area contributed by atoms with Crippen LogP contribution in [0.15, 0.2) is 0 Å². The van der Waals surface area contributed by atoms with Gasteiger partial charge < -0.3 is 10.2 Å². The third-order valence-corrected chi connectivity index (χ3v) is 3.07. The number of rotatable bonds is 3. The summed E-state index contributed by atoms with van der Waals surface area (Å²) in [6.07, 6.45) is 2.11. The first kappa shape index (κ1) is 12.5. The fraction of sp³-hybridized carbons (Fsp3) is 0.917. The molecule has 1 saturated heterocycles. The van der Waals surface area contributed by atoms with Gasteiger partial charge in [0.05, 0.1) is 6.04 Å². The summed E-state index contributed by atoms with van der Waals surface area (Å²) in [7, 11) is 1.88. The molecule has 15 heavy (non-hydrogen) atoms. The van der Waals surface area contributed by atoms with E-state index in [2.05, 4.69) is 26.1 Å². The molecule has 1 heterocycles. The normalized spacial score (nSPS) is 28.3. The van der Waals surface area contributed by atoms with Crippen molar-refractivity contribution in [2.75, 3.05) is 20.1 Å². The van der Waals surface area contributed by atoms with Crippen molar-refractivity contribution in [2.24, 2.45) is 11.8 Å². The van der Waals surface area contributed by atoms with Gasteiger partial charge in [-0.3, -0.25) is 4.79 Å². The highest BCUT2D eigenvalue weighted by atomic mass is 16.2. The second-order valence-corrected chi connectivity index (χ2v) is 5.15. The van der Waals surface area contributed by atoms with Gasteiger partial charge in [0.2, 0.25) is 5.91 Å². The van der Waals surface area contributed by atoms with Gasteiger partial charge in [-0.15, -0.1) is 0 Å². The Labute approximate surface area is 93.2 Å². The summed E-state index contributed by atoms with van der Waals surface area (Å²) in [5.74, 6) is 1.49. The fourth-order valence-electron chi connectivity index (χ4n) is 2.19. The van der Waals surface area contributed by atoms with E-state index in [1.165, 1.54) is 0 Å². The minimum absolute atomic E-state index is 0.0289. The average Bonchev–Trinajstić information content (AvgIpc) is 2.30. The van der Waals surface area contributed by atoms with Gasteiger partial charge in [0.25, 0.3) is 0 Å². The van der Waals surface area contributed by atoms with E-state index < -0.39 is 0 Å². The number of likely N-dealkylation sites (tertiary alicyclic amines) is 1. The van der Waals surface area contributed by atoms with Crippen LogP contribution in [0.1, 0.15) is 33.6 Å². The summed E-state index contributed by atoms with van der Waals surface area (Å²) in [5.41, 5.74) is 0. The highest BCUT2D eigenvalue weighted by molar-refractivity contribution is 5.82. The minimum Gasteiger partial charge on any atom is -0.341 e. The topological polar surface area (TPSA) is 32.3 Å². The van der Waals surface area contributed by atoms with Gasteiger partial charge in [0.1, 0.15) is 0 Å². The summed E-state index contributed by atoms with van der Waals surface area (Å²) in [6, 6.07) is 0.0289. The summed E-state index contributed by atoms with van der Waals surface area (Å²) < 4.78 is 0. The summed E-state index contributed by atoms with van der Waals surface area (Å²) in [5, 5.41) is 3.14. The molecule has 0 radical (unpaired) electrons. The first-order valence-electron chi connectivity index (χ1n) is 6.00. The number of hydrogen-bond acceptors (Lipinski definition) is 2. The molecule has 1 amide bonds. The number of hydrogen-bond donors (Lipinski definition) is 1. The zero-order chi connectivity index (χ0) is 11.4. The maximum Gasteiger partial charge on any atom is 0.239 e. The van der Waals surface area contributed by atoms with Gasteiger partial charge in [-0.2, -0.15) is 0 Å². The van der Waals surface area contributed by atoms with E-state index in [1.54, 1.807) is 0 Å². The molecule has 0 aromatic rings. The van der Waals surface area contributed by atoms with Crippen LogP contribution in [-0.2, 0) is 4.79 Å². The van der Waals surface area contributed by atoms with E-state index in [1.807, 2.05) is 11.9 Å². The highest BCUT2D eigenvalue weighted by Crippen LogP contribution is 2.18. The van der Waals surface area contributed by atoms with E-state index in [0.29, 0.717) is 11.8 Å². The molecule has 0 bridgehead atoms. The molecule has 0 spiro atoms. The molecule has 2 unspecified atom stereocenters. The Hall–Kier alpha value is -0.570. The maximum atomic E-state index is 12.1. The van der Waals surface area contributed by atoms with Gasteiger partial charge in [-0.1, -0.05) is 20.8 Å². The quantitative estimate of drug-likeness (QED) is 0.768. The average molecular weight is 212 g/mol. The molecule has 1 rings (SSSR count). The second kappa shape index (κ2) is 5.50. The number of carbonyl (C=O) groups is 1. The summed E-state index contributed by atoms with van der Waals surface area (Å²) in [4.78, 5) is 14.1. The molecule has 1 fully saturated rings. The van der Waals surface area contributed by atoms with Crippen molar-refractivity contribution in [3.63, 3.8) is 0 Å². The van der Waals surface area contributed by atoms with Crippen LogP contribution in [-0.4, -0.2) is 37.0 Å². The van der Waals surface area contributed by atoms with Crippen LogP contribution in [0.4, 0.5) is 0 Å². The SMILES string of the molecule is CNC1CC(C)CCN(CC(C)C)C1=O. The van der Waals surface area contributed by atoms with Crippen LogP contribution >= 0.6 is 0 Å². The van der Waals surface area contributed by atoms with E-state index >= 15 is 0 Å². The van der Waals surface area contributed by atoms with Crippen LogP contribution in [0.3, 0.4) is 0 Å². The van der Waals surface area contributed by atoms with Crippen LogP contribution in [0, 0.1) is 11.8 Å². The van der Waals surface area contributed by atoms with E-state index in [9.17, 15) is 4.79 Å². The van der Waals surface area contributed by atoms with E-state index in [0.717, 1.165) is 25.9 Å². The first-order chi connectivity index (χ1) is 7.04. The second-order valence-electron chi connectivity index (χ2n) is 5.15. The van der Waals surface area contributed by atoms with Crippen molar-refractivity contribution < 1.29 is 4.79 Å². The largest absolute Gasteiger partial charge is 0.341 e. The lowest BCUT2D eigenvalue weighted by Crippen LogP contribution is -2.45. The fourth-order valence-corrected chi connectivity index (χ4v) is 2.19. The molecular formula is C12H24N2O. The summed E-state index contributed by atoms with van der Waals surface area (Å²) >= 11 is 0. The molecule has 3 nitrogen and oxygen atoms in total. The van der Waals surface area contributed by atoms with Crippen LogP contribution in [0.5, 0.6) is 0 Å². The molecule has 0 aliphatic carbocycles. The summed E-state index contributed by atoms with van der Waals surface area (Å²) in [6.45, 7) is 8.38. The molecule has 1 aliphatic rings. The maximum absolute atomic E-state index is 12.1. The molecule has 0 aromatic carbocycles. The van der Waals surface area contributed by atoms with Crippen molar-refractivity contribution in [3.05, 3.63) is 0 Å². The predicted molar refractivity (Wildman–Crippen MR) is 62.7 cm³/mol. The molecule has 1 aliphatic heterocycles. The highest BCUT2D eigenvalue weighted by Gasteiger charge is 2.28. The van der Waals surface area contributed by atoms with Crippen LogP contribution in [0.2, 0.25) is 0 Å². The number of nitrogens with zero attached hydrogens (tertiary/aromatic N) is 1. The monoisotopic (exact) mass is 212 g/mol. The van der Waals surface area contributed by atoms with Crippen molar-refractivity contribution in [1.82, 2.24) is 10.2 Å². The van der Waals surface area contributed by atoms with Crippen LogP contribution in [0.25, 0.3) is 0 Å². The molecule has 0 aromatic heterocycles. The zero-order valence-electron chi connectivity index (χ0n) is 10.4. The smallest absolute Gasteiger partial charge is 0.239 e. The van der Waals surface area contributed by atoms with Gasteiger partial charge in [0, 0.05) is 13.1 Å². The Morgan fingerprint density at radius 2 is 2.20 bits per heavy atom. The molecule has 2 atom stereocenters. The lowest BCUT2D eigenvalue weighted by atomic mass is 10.0. The van der Waals surface area contributed by atoms with Gasteiger partial charge in [-0.25, -0.2) is 0 Å². The molecule has 0 saturated carbocycles. The third kappa shape index (κ3) is 3.49. The molecule has 3 heteroatoms. The van der Waals surface area contributed by atoms with Crippen LogP contribution < -0.4 is 5.32 Å². The Bertz CT molecular complexity index is 216. The lowest BCUT2D eigenvalue weighted by molar-refractivity contribution is -0.133. The Morgan fingerprint density at radius 1 is 1.53 bits per heavy atom. The minimum atomic E-state index is 0.0289. The Morgan fingerprint density at radius 3 is 2.73 bits per heavy atom. The first-order valence-corrected chi connectivity index (χ1v) is 6.00. The number of likely N-dealkylation sites (N-methyl/N-ethyl adjacent to an activating group) is 1.